The summed E-state index contributed by atoms with van der Waals surface area (Å²) >= 11 is 0. The standard InChI is InChI=1S/C8H15NO2/c1-6(2)7(3,4)8(6,9)5(10)11/h9H2,1-4H3,(H,10,11). The van der Waals surface area contributed by atoms with Gasteiger partial charge in [0.25, 0.3) is 0 Å². The zero-order valence-corrected chi connectivity index (χ0v) is 7.43. The zero-order valence-electron chi connectivity index (χ0n) is 7.43. The molecule has 0 aromatic heterocycles. The van der Waals surface area contributed by atoms with Crippen molar-refractivity contribution in [2.45, 2.75) is 33.2 Å². The van der Waals surface area contributed by atoms with Gasteiger partial charge in [0.2, 0.25) is 0 Å². The Labute approximate surface area is 66.6 Å². The number of rotatable bonds is 1. The van der Waals surface area contributed by atoms with E-state index < -0.39 is 11.5 Å². The molecule has 0 atom stereocenters. The van der Waals surface area contributed by atoms with Gasteiger partial charge in [-0.05, 0) is 0 Å². The maximum Gasteiger partial charge on any atom is 0.324 e. The number of hydrogen-bond acceptors (Lipinski definition) is 2. The van der Waals surface area contributed by atoms with Crippen LogP contribution in [0.2, 0.25) is 0 Å². The second-order valence-corrected chi connectivity index (χ2v) is 4.36. The highest BCUT2D eigenvalue weighted by Crippen LogP contribution is 2.69. The van der Waals surface area contributed by atoms with Crippen LogP contribution in [0, 0.1) is 10.8 Å². The molecule has 0 aromatic rings. The summed E-state index contributed by atoms with van der Waals surface area (Å²) in [5.41, 5.74) is 4.10. The van der Waals surface area contributed by atoms with Crippen LogP contribution in [0.3, 0.4) is 0 Å². The Hall–Kier alpha value is -0.570. The van der Waals surface area contributed by atoms with Crippen molar-refractivity contribution in [2.24, 2.45) is 16.6 Å². The Balaban J connectivity index is 3.06. The first-order valence-electron chi connectivity index (χ1n) is 3.72. The average molecular weight is 157 g/mol. The first-order chi connectivity index (χ1) is 4.69. The minimum absolute atomic E-state index is 0.300. The van der Waals surface area contributed by atoms with E-state index in [1.165, 1.54) is 0 Å². The summed E-state index contributed by atoms with van der Waals surface area (Å²) in [6.45, 7) is 7.56. The highest BCUT2D eigenvalue weighted by molar-refractivity contribution is 5.86. The summed E-state index contributed by atoms with van der Waals surface area (Å²) in [5.74, 6) is -0.896. The summed E-state index contributed by atoms with van der Waals surface area (Å²) in [6.07, 6.45) is 0. The molecule has 0 radical (unpaired) electrons. The quantitative estimate of drug-likeness (QED) is 0.592. The Morgan fingerprint density at radius 2 is 1.45 bits per heavy atom. The molecular formula is C8H15NO2. The van der Waals surface area contributed by atoms with Gasteiger partial charge in [-0.1, -0.05) is 27.7 Å². The van der Waals surface area contributed by atoms with Crippen LogP contribution in [0.15, 0.2) is 0 Å². The largest absolute Gasteiger partial charge is 0.480 e. The monoisotopic (exact) mass is 157 g/mol. The van der Waals surface area contributed by atoms with Crippen molar-refractivity contribution in [1.29, 1.82) is 0 Å². The summed E-state index contributed by atoms with van der Waals surface area (Å²) in [4.78, 5) is 10.8. The molecule has 0 amide bonds. The third-order valence-corrected chi connectivity index (χ3v) is 3.81. The van der Waals surface area contributed by atoms with E-state index >= 15 is 0 Å². The van der Waals surface area contributed by atoms with Crippen LogP contribution in [0.1, 0.15) is 27.7 Å². The molecule has 0 saturated heterocycles. The Bertz CT molecular complexity index is 204. The zero-order chi connectivity index (χ0) is 9.08. The molecule has 1 aliphatic carbocycles. The van der Waals surface area contributed by atoms with E-state index in [1.807, 2.05) is 27.7 Å². The minimum atomic E-state index is -1.04. The number of hydrogen-bond donors (Lipinski definition) is 2. The molecule has 1 rings (SSSR count). The summed E-state index contributed by atoms with van der Waals surface area (Å²) in [6, 6.07) is 0. The van der Waals surface area contributed by atoms with Gasteiger partial charge in [-0.25, -0.2) is 0 Å². The van der Waals surface area contributed by atoms with Gasteiger partial charge in [0.1, 0.15) is 5.54 Å². The van der Waals surface area contributed by atoms with Crippen LogP contribution in [0.5, 0.6) is 0 Å². The van der Waals surface area contributed by atoms with E-state index in [1.54, 1.807) is 0 Å². The molecule has 0 aliphatic heterocycles. The highest BCUT2D eigenvalue weighted by Gasteiger charge is 2.79. The van der Waals surface area contributed by atoms with Crippen molar-refractivity contribution < 1.29 is 9.90 Å². The molecule has 1 aliphatic rings. The third kappa shape index (κ3) is 0.562. The second-order valence-electron chi connectivity index (χ2n) is 4.36. The van der Waals surface area contributed by atoms with Crippen LogP contribution in [0.4, 0.5) is 0 Å². The van der Waals surface area contributed by atoms with Crippen LogP contribution in [-0.4, -0.2) is 16.6 Å². The fraction of sp³-hybridized carbons (Fsp3) is 0.875. The summed E-state index contributed by atoms with van der Waals surface area (Å²) < 4.78 is 0. The van der Waals surface area contributed by atoms with Gasteiger partial charge in [0, 0.05) is 10.8 Å². The molecule has 0 bridgehead atoms. The van der Waals surface area contributed by atoms with Crippen molar-refractivity contribution in [3.63, 3.8) is 0 Å². The predicted molar refractivity (Wildman–Crippen MR) is 42.1 cm³/mol. The molecule has 0 spiro atoms. The van der Waals surface area contributed by atoms with E-state index in [0.29, 0.717) is 0 Å². The van der Waals surface area contributed by atoms with Gasteiger partial charge in [-0.2, -0.15) is 0 Å². The number of nitrogens with two attached hydrogens (primary N) is 1. The third-order valence-electron chi connectivity index (χ3n) is 3.81. The molecule has 11 heavy (non-hydrogen) atoms. The van der Waals surface area contributed by atoms with E-state index in [4.69, 9.17) is 10.8 Å². The predicted octanol–water partition coefficient (Wildman–Crippen LogP) is 0.834. The molecule has 0 heterocycles. The maximum absolute atomic E-state index is 10.8. The fourth-order valence-electron chi connectivity index (χ4n) is 1.89. The van der Waals surface area contributed by atoms with Gasteiger partial charge in [-0.3, -0.25) is 4.79 Å². The number of aliphatic carboxylic acids is 1. The van der Waals surface area contributed by atoms with Gasteiger partial charge in [0.05, 0.1) is 0 Å². The Morgan fingerprint density at radius 3 is 1.45 bits per heavy atom. The van der Waals surface area contributed by atoms with Crippen LogP contribution < -0.4 is 5.73 Å². The average Bonchev–Trinajstić information content (AvgIpc) is 2.11. The molecule has 3 heteroatoms. The molecule has 64 valence electrons. The SMILES string of the molecule is CC1(C)C(C)(C)C1(N)C(=O)O. The fourth-order valence-corrected chi connectivity index (χ4v) is 1.89. The second kappa shape index (κ2) is 1.61. The highest BCUT2D eigenvalue weighted by atomic mass is 16.4. The number of carbonyl (C=O) groups is 1. The number of carboxylic acid groups (broad SMARTS) is 1. The molecule has 3 N–H and O–H groups in total. The Kier molecular flexibility index (Phi) is 1.24. The summed E-state index contributed by atoms with van der Waals surface area (Å²) in [7, 11) is 0. The van der Waals surface area contributed by atoms with Gasteiger partial charge < -0.3 is 10.8 Å². The first-order valence-corrected chi connectivity index (χ1v) is 3.72. The van der Waals surface area contributed by atoms with Crippen molar-refractivity contribution >= 4 is 5.97 Å². The molecule has 1 saturated carbocycles. The van der Waals surface area contributed by atoms with Crippen LogP contribution in [-0.2, 0) is 4.79 Å². The summed E-state index contributed by atoms with van der Waals surface area (Å²) in [5, 5.41) is 8.86. The van der Waals surface area contributed by atoms with Gasteiger partial charge in [0.15, 0.2) is 0 Å². The maximum atomic E-state index is 10.8. The molecule has 0 unspecified atom stereocenters. The van der Waals surface area contributed by atoms with E-state index in [9.17, 15) is 4.79 Å². The van der Waals surface area contributed by atoms with Gasteiger partial charge in [-0.15, -0.1) is 0 Å². The molecule has 1 fully saturated rings. The lowest BCUT2D eigenvalue weighted by Gasteiger charge is -2.07. The lowest BCUT2D eigenvalue weighted by Crippen LogP contribution is -2.40. The van der Waals surface area contributed by atoms with E-state index in [0.717, 1.165) is 0 Å². The lowest BCUT2D eigenvalue weighted by molar-refractivity contribution is -0.141. The van der Waals surface area contributed by atoms with Crippen molar-refractivity contribution in [3.05, 3.63) is 0 Å². The van der Waals surface area contributed by atoms with Crippen molar-refractivity contribution in [3.8, 4) is 0 Å². The van der Waals surface area contributed by atoms with E-state index in [-0.39, 0.29) is 10.8 Å². The molecular weight excluding hydrogens is 142 g/mol. The van der Waals surface area contributed by atoms with Crippen molar-refractivity contribution in [2.75, 3.05) is 0 Å². The lowest BCUT2D eigenvalue weighted by atomic mass is 10.0. The Morgan fingerprint density at radius 1 is 1.18 bits per heavy atom. The molecule has 0 aromatic carbocycles. The van der Waals surface area contributed by atoms with Crippen molar-refractivity contribution in [1.82, 2.24) is 0 Å². The normalized spacial score (nSPS) is 29.5. The minimum Gasteiger partial charge on any atom is -0.480 e. The number of carboxylic acids is 1. The van der Waals surface area contributed by atoms with E-state index in [2.05, 4.69) is 0 Å². The topological polar surface area (TPSA) is 63.3 Å². The smallest absolute Gasteiger partial charge is 0.324 e. The van der Waals surface area contributed by atoms with Gasteiger partial charge >= 0.3 is 5.97 Å². The first kappa shape index (κ1) is 8.53. The van der Waals surface area contributed by atoms with Crippen LogP contribution in [0.25, 0.3) is 0 Å². The van der Waals surface area contributed by atoms with Crippen LogP contribution >= 0.6 is 0 Å². The molecule has 3 nitrogen and oxygen atoms in total.